The van der Waals surface area contributed by atoms with E-state index in [1.807, 2.05) is 4.90 Å². The van der Waals surface area contributed by atoms with Crippen molar-refractivity contribution in [3.05, 3.63) is 35.4 Å². The maximum absolute atomic E-state index is 12.3. The standard InChI is InChI=1S/C18H28N2O/c1-17(2,3)13-9-7-12(8-10-13)16-14(19)11-15(21)20(16)18(4,5)6/h7-10,14,16H,11,19H2,1-6H3. The van der Waals surface area contributed by atoms with E-state index in [1.54, 1.807) is 0 Å². The van der Waals surface area contributed by atoms with Gasteiger partial charge in [-0.15, -0.1) is 0 Å². The molecule has 2 N–H and O–H groups in total. The Morgan fingerprint density at radius 2 is 1.57 bits per heavy atom. The third kappa shape index (κ3) is 3.13. The van der Waals surface area contributed by atoms with Gasteiger partial charge in [0.1, 0.15) is 0 Å². The van der Waals surface area contributed by atoms with Crippen LogP contribution in [0, 0.1) is 0 Å². The normalized spacial score (nSPS) is 23.8. The van der Waals surface area contributed by atoms with Gasteiger partial charge in [-0.1, -0.05) is 45.0 Å². The maximum Gasteiger partial charge on any atom is 0.225 e. The van der Waals surface area contributed by atoms with Gasteiger partial charge in [0.25, 0.3) is 0 Å². The monoisotopic (exact) mass is 288 g/mol. The number of hydrogen-bond donors (Lipinski definition) is 1. The molecule has 1 aliphatic heterocycles. The average molecular weight is 288 g/mol. The number of nitrogens with zero attached hydrogens (tertiary/aromatic N) is 1. The third-order valence-electron chi connectivity index (χ3n) is 4.20. The second kappa shape index (κ2) is 5.13. The van der Waals surface area contributed by atoms with Crippen molar-refractivity contribution in [3.8, 4) is 0 Å². The summed E-state index contributed by atoms with van der Waals surface area (Å²) in [5.41, 5.74) is 8.61. The number of likely N-dealkylation sites (tertiary alicyclic amines) is 1. The first-order valence-corrected chi connectivity index (χ1v) is 7.70. The molecule has 0 aliphatic carbocycles. The first kappa shape index (κ1) is 16.0. The second-order valence-electron chi connectivity index (χ2n) is 8.12. The minimum absolute atomic E-state index is 0.0217. The fourth-order valence-corrected chi connectivity index (χ4v) is 3.13. The molecule has 0 spiro atoms. The quantitative estimate of drug-likeness (QED) is 0.861. The number of carbonyl (C=O) groups excluding carboxylic acids is 1. The van der Waals surface area contributed by atoms with E-state index in [0.717, 1.165) is 5.56 Å². The Kier molecular flexibility index (Phi) is 3.92. The molecule has 1 saturated heterocycles. The molecular weight excluding hydrogens is 260 g/mol. The molecule has 3 nitrogen and oxygen atoms in total. The van der Waals surface area contributed by atoms with Crippen LogP contribution in [0.1, 0.15) is 65.1 Å². The molecule has 1 aromatic carbocycles. The molecular formula is C18H28N2O. The molecule has 0 bridgehead atoms. The number of hydrogen-bond acceptors (Lipinski definition) is 2. The zero-order valence-corrected chi connectivity index (χ0v) is 14.1. The molecule has 0 aromatic heterocycles. The molecule has 2 rings (SSSR count). The fraction of sp³-hybridized carbons (Fsp3) is 0.611. The lowest BCUT2D eigenvalue weighted by Crippen LogP contribution is -2.45. The van der Waals surface area contributed by atoms with Crippen molar-refractivity contribution in [1.82, 2.24) is 4.90 Å². The Morgan fingerprint density at radius 1 is 1.05 bits per heavy atom. The van der Waals surface area contributed by atoms with E-state index in [-0.39, 0.29) is 28.9 Å². The highest BCUT2D eigenvalue weighted by atomic mass is 16.2. The summed E-state index contributed by atoms with van der Waals surface area (Å²) < 4.78 is 0. The van der Waals surface area contributed by atoms with Crippen LogP contribution in [-0.4, -0.2) is 22.4 Å². The van der Waals surface area contributed by atoms with Gasteiger partial charge >= 0.3 is 0 Å². The Morgan fingerprint density at radius 3 is 2.00 bits per heavy atom. The van der Waals surface area contributed by atoms with Gasteiger partial charge in [-0.05, 0) is 37.3 Å². The number of nitrogens with two attached hydrogens (primary N) is 1. The van der Waals surface area contributed by atoms with Crippen LogP contribution in [0.15, 0.2) is 24.3 Å². The van der Waals surface area contributed by atoms with E-state index in [2.05, 4.69) is 65.8 Å². The van der Waals surface area contributed by atoms with Gasteiger partial charge in [-0.25, -0.2) is 0 Å². The summed E-state index contributed by atoms with van der Waals surface area (Å²) in [4.78, 5) is 14.2. The smallest absolute Gasteiger partial charge is 0.225 e. The molecule has 21 heavy (non-hydrogen) atoms. The molecule has 2 unspecified atom stereocenters. The van der Waals surface area contributed by atoms with E-state index in [0.29, 0.717) is 6.42 Å². The number of benzene rings is 1. The maximum atomic E-state index is 12.3. The summed E-state index contributed by atoms with van der Waals surface area (Å²) in [5.74, 6) is 0.153. The first-order chi connectivity index (χ1) is 9.51. The molecule has 1 aromatic rings. The summed E-state index contributed by atoms with van der Waals surface area (Å²) in [6, 6.07) is 8.42. The average Bonchev–Trinajstić information content (AvgIpc) is 2.63. The van der Waals surface area contributed by atoms with Crippen LogP contribution < -0.4 is 5.73 Å². The Hall–Kier alpha value is -1.35. The van der Waals surface area contributed by atoms with Crippen molar-refractivity contribution in [1.29, 1.82) is 0 Å². The van der Waals surface area contributed by atoms with Crippen LogP contribution in [0.25, 0.3) is 0 Å². The third-order valence-corrected chi connectivity index (χ3v) is 4.20. The van der Waals surface area contributed by atoms with Crippen molar-refractivity contribution < 1.29 is 4.79 Å². The lowest BCUT2D eigenvalue weighted by atomic mass is 9.85. The van der Waals surface area contributed by atoms with Gasteiger partial charge in [0, 0.05) is 18.0 Å². The molecule has 1 amide bonds. The summed E-state index contributed by atoms with van der Waals surface area (Å²) in [5, 5.41) is 0. The Labute approximate surface area is 128 Å². The van der Waals surface area contributed by atoms with E-state index >= 15 is 0 Å². The van der Waals surface area contributed by atoms with E-state index in [4.69, 9.17) is 5.73 Å². The molecule has 0 saturated carbocycles. The largest absolute Gasteiger partial charge is 0.329 e. The van der Waals surface area contributed by atoms with Gasteiger partial charge in [0.2, 0.25) is 5.91 Å². The zero-order valence-electron chi connectivity index (χ0n) is 14.1. The summed E-state index contributed by atoms with van der Waals surface area (Å²) in [6.07, 6.45) is 0.433. The molecule has 1 heterocycles. The van der Waals surface area contributed by atoms with Crippen molar-refractivity contribution in [2.45, 2.75) is 71.0 Å². The van der Waals surface area contributed by atoms with Gasteiger partial charge in [0.05, 0.1) is 6.04 Å². The summed E-state index contributed by atoms with van der Waals surface area (Å²) in [6.45, 7) is 12.8. The molecule has 0 radical (unpaired) electrons. The van der Waals surface area contributed by atoms with Gasteiger partial charge in [0.15, 0.2) is 0 Å². The minimum Gasteiger partial charge on any atom is -0.329 e. The van der Waals surface area contributed by atoms with E-state index in [1.165, 1.54) is 5.56 Å². The number of amides is 1. The Balaban J connectivity index is 2.37. The van der Waals surface area contributed by atoms with Crippen molar-refractivity contribution in [2.24, 2.45) is 5.73 Å². The highest BCUT2D eigenvalue weighted by molar-refractivity contribution is 5.81. The van der Waals surface area contributed by atoms with Crippen LogP contribution in [-0.2, 0) is 10.2 Å². The lowest BCUT2D eigenvalue weighted by molar-refractivity contribution is -0.133. The van der Waals surface area contributed by atoms with Crippen LogP contribution >= 0.6 is 0 Å². The van der Waals surface area contributed by atoms with Crippen LogP contribution in [0.2, 0.25) is 0 Å². The zero-order chi connectivity index (χ0) is 16.0. The van der Waals surface area contributed by atoms with Crippen LogP contribution in [0.4, 0.5) is 0 Å². The molecule has 1 fully saturated rings. The van der Waals surface area contributed by atoms with Crippen molar-refractivity contribution in [2.75, 3.05) is 0 Å². The first-order valence-electron chi connectivity index (χ1n) is 7.70. The predicted molar refractivity (Wildman–Crippen MR) is 87.1 cm³/mol. The van der Waals surface area contributed by atoms with Crippen LogP contribution in [0.5, 0.6) is 0 Å². The SMILES string of the molecule is CC(C)(C)c1ccc(C2C(N)CC(=O)N2C(C)(C)C)cc1. The number of rotatable bonds is 1. The topological polar surface area (TPSA) is 46.3 Å². The van der Waals surface area contributed by atoms with E-state index in [9.17, 15) is 4.79 Å². The Bertz CT molecular complexity index is 520. The van der Waals surface area contributed by atoms with E-state index < -0.39 is 0 Å². The molecule has 1 aliphatic rings. The minimum atomic E-state index is -0.210. The summed E-state index contributed by atoms with van der Waals surface area (Å²) in [7, 11) is 0. The highest BCUT2D eigenvalue weighted by Gasteiger charge is 2.43. The second-order valence-corrected chi connectivity index (χ2v) is 8.12. The molecule has 2 atom stereocenters. The fourth-order valence-electron chi connectivity index (χ4n) is 3.13. The highest BCUT2D eigenvalue weighted by Crippen LogP contribution is 2.38. The molecule has 3 heteroatoms. The lowest BCUT2D eigenvalue weighted by Gasteiger charge is -2.38. The van der Waals surface area contributed by atoms with Gasteiger partial charge in [-0.2, -0.15) is 0 Å². The predicted octanol–water partition coefficient (Wildman–Crippen LogP) is 3.38. The van der Waals surface area contributed by atoms with Crippen molar-refractivity contribution >= 4 is 5.91 Å². The summed E-state index contributed by atoms with van der Waals surface area (Å²) >= 11 is 0. The van der Waals surface area contributed by atoms with Crippen molar-refractivity contribution in [3.63, 3.8) is 0 Å². The van der Waals surface area contributed by atoms with Crippen LogP contribution in [0.3, 0.4) is 0 Å². The number of carbonyl (C=O) groups is 1. The van der Waals surface area contributed by atoms with Gasteiger partial charge < -0.3 is 10.6 Å². The van der Waals surface area contributed by atoms with Gasteiger partial charge in [-0.3, -0.25) is 4.79 Å². The molecule has 116 valence electrons.